The van der Waals surface area contributed by atoms with Crippen molar-refractivity contribution in [1.82, 2.24) is 5.32 Å². The second-order valence-electron chi connectivity index (χ2n) is 4.70. The van der Waals surface area contributed by atoms with Gasteiger partial charge >= 0.3 is 0 Å². The summed E-state index contributed by atoms with van der Waals surface area (Å²) in [5.74, 6) is 0.946. The fraction of sp³-hybridized carbons (Fsp3) is 0.235. The molecule has 0 aliphatic carbocycles. The Kier molecular flexibility index (Phi) is 6.53. The predicted molar refractivity (Wildman–Crippen MR) is 99.5 cm³/mol. The van der Waals surface area contributed by atoms with Crippen LogP contribution in [0.2, 0.25) is 5.02 Å². The van der Waals surface area contributed by atoms with Crippen LogP contribution in [-0.2, 0) is 6.54 Å². The number of hydrogen-bond acceptors (Lipinski definition) is 3. The van der Waals surface area contributed by atoms with E-state index in [0.29, 0.717) is 35.2 Å². The SMILES string of the molecule is CCOc1c(Cl)cc(CNC(=O)c2ccccc2I)cc1OC. The highest BCUT2D eigenvalue weighted by Gasteiger charge is 2.13. The summed E-state index contributed by atoms with van der Waals surface area (Å²) < 4.78 is 11.7. The summed E-state index contributed by atoms with van der Waals surface area (Å²) in [7, 11) is 1.56. The van der Waals surface area contributed by atoms with Gasteiger partial charge in [0.25, 0.3) is 5.91 Å². The lowest BCUT2D eigenvalue weighted by molar-refractivity contribution is 0.0950. The van der Waals surface area contributed by atoms with E-state index in [1.54, 1.807) is 19.2 Å². The van der Waals surface area contributed by atoms with Crippen molar-refractivity contribution in [2.45, 2.75) is 13.5 Å². The van der Waals surface area contributed by atoms with Gasteiger partial charge in [0.15, 0.2) is 11.5 Å². The third-order valence-corrected chi connectivity index (χ3v) is 4.37. The minimum atomic E-state index is -0.126. The first-order chi connectivity index (χ1) is 11.1. The Morgan fingerprint density at radius 1 is 1.30 bits per heavy atom. The van der Waals surface area contributed by atoms with Gasteiger partial charge in [0.2, 0.25) is 0 Å². The van der Waals surface area contributed by atoms with E-state index < -0.39 is 0 Å². The Bertz CT molecular complexity index is 706. The van der Waals surface area contributed by atoms with Crippen LogP contribution in [0.25, 0.3) is 0 Å². The van der Waals surface area contributed by atoms with Crippen LogP contribution in [0.4, 0.5) is 0 Å². The quantitative estimate of drug-likeness (QED) is 0.675. The zero-order valence-electron chi connectivity index (χ0n) is 12.9. The molecule has 0 bridgehead atoms. The van der Waals surface area contributed by atoms with Gasteiger partial charge in [0.05, 0.1) is 24.3 Å². The van der Waals surface area contributed by atoms with Crippen molar-refractivity contribution >= 4 is 40.1 Å². The molecule has 0 aromatic heterocycles. The highest BCUT2D eigenvalue weighted by Crippen LogP contribution is 2.36. The number of hydrogen-bond donors (Lipinski definition) is 1. The van der Waals surface area contributed by atoms with E-state index in [4.69, 9.17) is 21.1 Å². The van der Waals surface area contributed by atoms with Crippen LogP contribution in [0.3, 0.4) is 0 Å². The molecule has 0 fully saturated rings. The lowest BCUT2D eigenvalue weighted by atomic mass is 10.1. The van der Waals surface area contributed by atoms with Gasteiger partial charge in [-0.2, -0.15) is 0 Å². The molecule has 1 amide bonds. The first-order valence-corrected chi connectivity index (χ1v) is 8.54. The molecule has 0 heterocycles. The summed E-state index contributed by atoms with van der Waals surface area (Å²) in [5, 5.41) is 3.35. The highest BCUT2D eigenvalue weighted by atomic mass is 127. The Morgan fingerprint density at radius 3 is 2.70 bits per heavy atom. The normalized spacial score (nSPS) is 10.3. The topological polar surface area (TPSA) is 47.6 Å². The number of benzene rings is 2. The Hall–Kier alpha value is -1.47. The van der Waals surface area contributed by atoms with Crippen molar-refractivity contribution in [2.75, 3.05) is 13.7 Å². The fourth-order valence-electron chi connectivity index (χ4n) is 2.08. The van der Waals surface area contributed by atoms with Crippen molar-refractivity contribution in [3.8, 4) is 11.5 Å². The van der Waals surface area contributed by atoms with Crippen molar-refractivity contribution in [1.29, 1.82) is 0 Å². The molecule has 4 nitrogen and oxygen atoms in total. The van der Waals surface area contributed by atoms with Crippen LogP contribution in [0.1, 0.15) is 22.8 Å². The van der Waals surface area contributed by atoms with Gasteiger partial charge in [-0.25, -0.2) is 0 Å². The van der Waals surface area contributed by atoms with Gasteiger partial charge in [-0.05, 0) is 59.3 Å². The van der Waals surface area contributed by atoms with E-state index in [0.717, 1.165) is 9.13 Å². The van der Waals surface area contributed by atoms with Crippen molar-refractivity contribution < 1.29 is 14.3 Å². The molecule has 0 atom stereocenters. The first kappa shape index (κ1) is 17.9. The molecule has 0 radical (unpaired) electrons. The molecule has 0 aliphatic heterocycles. The molecule has 6 heteroatoms. The third kappa shape index (κ3) is 4.51. The van der Waals surface area contributed by atoms with E-state index in [1.807, 2.05) is 31.2 Å². The molecular weight excluding hydrogens is 429 g/mol. The van der Waals surface area contributed by atoms with Crippen molar-refractivity contribution in [2.24, 2.45) is 0 Å². The first-order valence-electron chi connectivity index (χ1n) is 7.08. The molecule has 2 aromatic carbocycles. The maximum absolute atomic E-state index is 12.2. The summed E-state index contributed by atoms with van der Waals surface area (Å²) in [6.45, 7) is 2.73. The average molecular weight is 446 g/mol. The van der Waals surface area contributed by atoms with E-state index in [1.165, 1.54) is 0 Å². The van der Waals surface area contributed by atoms with Crippen molar-refractivity contribution in [3.63, 3.8) is 0 Å². The molecule has 23 heavy (non-hydrogen) atoms. The Labute approximate surface area is 154 Å². The van der Waals surface area contributed by atoms with Crippen LogP contribution in [-0.4, -0.2) is 19.6 Å². The standard InChI is InChI=1S/C17H17ClINO3/c1-3-23-16-13(18)8-11(9-15(16)22-2)10-20-17(21)12-6-4-5-7-14(12)19/h4-9H,3,10H2,1-2H3,(H,20,21). The van der Waals surface area contributed by atoms with Gasteiger partial charge in [0, 0.05) is 10.1 Å². The highest BCUT2D eigenvalue weighted by molar-refractivity contribution is 14.1. The van der Waals surface area contributed by atoms with E-state index >= 15 is 0 Å². The summed E-state index contributed by atoms with van der Waals surface area (Å²) >= 11 is 8.37. The molecular formula is C17H17ClINO3. The number of ether oxygens (including phenoxy) is 2. The van der Waals surface area contributed by atoms with Crippen LogP contribution >= 0.6 is 34.2 Å². The maximum atomic E-state index is 12.2. The monoisotopic (exact) mass is 445 g/mol. The largest absolute Gasteiger partial charge is 0.493 e. The number of halogens is 2. The van der Waals surface area contributed by atoms with Crippen LogP contribution < -0.4 is 14.8 Å². The van der Waals surface area contributed by atoms with Gasteiger partial charge in [-0.3, -0.25) is 4.79 Å². The summed E-state index contributed by atoms with van der Waals surface area (Å²) in [4.78, 5) is 12.2. The molecule has 0 spiro atoms. The Balaban J connectivity index is 2.13. The molecule has 122 valence electrons. The molecule has 0 saturated heterocycles. The summed E-state index contributed by atoms with van der Waals surface area (Å²) in [5.41, 5.74) is 1.49. The number of nitrogens with one attached hydrogen (secondary N) is 1. The zero-order valence-corrected chi connectivity index (χ0v) is 15.8. The van der Waals surface area contributed by atoms with Gasteiger partial charge < -0.3 is 14.8 Å². The molecule has 2 aromatic rings. The number of amides is 1. The summed E-state index contributed by atoms with van der Waals surface area (Å²) in [6.07, 6.45) is 0. The molecule has 0 unspecified atom stereocenters. The van der Waals surface area contributed by atoms with Crippen LogP contribution in [0.5, 0.6) is 11.5 Å². The second kappa shape index (κ2) is 8.40. The number of rotatable bonds is 6. The maximum Gasteiger partial charge on any atom is 0.252 e. The fourth-order valence-corrected chi connectivity index (χ4v) is 3.00. The van der Waals surface area contributed by atoms with E-state index in [-0.39, 0.29) is 5.91 Å². The predicted octanol–water partition coefficient (Wildman–Crippen LogP) is 4.28. The van der Waals surface area contributed by atoms with E-state index in [9.17, 15) is 4.79 Å². The third-order valence-electron chi connectivity index (χ3n) is 3.15. The van der Waals surface area contributed by atoms with E-state index in [2.05, 4.69) is 27.9 Å². The molecule has 1 N–H and O–H groups in total. The van der Waals surface area contributed by atoms with Crippen LogP contribution in [0, 0.1) is 3.57 Å². The van der Waals surface area contributed by atoms with Gasteiger partial charge in [-0.1, -0.05) is 23.7 Å². The number of carbonyl (C=O) groups is 1. The Morgan fingerprint density at radius 2 is 2.04 bits per heavy atom. The lowest BCUT2D eigenvalue weighted by Crippen LogP contribution is -2.23. The minimum absolute atomic E-state index is 0.126. The second-order valence-corrected chi connectivity index (χ2v) is 6.27. The number of methoxy groups -OCH3 is 1. The molecule has 0 aliphatic rings. The summed E-state index contributed by atoms with van der Waals surface area (Å²) in [6, 6.07) is 11.0. The van der Waals surface area contributed by atoms with Crippen LogP contribution in [0.15, 0.2) is 36.4 Å². The average Bonchev–Trinajstić information content (AvgIpc) is 2.55. The van der Waals surface area contributed by atoms with Gasteiger partial charge in [-0.15, -0.1) is 0 Å². The number of carbonyl (C=O) groups excluding carboxylic acids is 1. The minimum Gasteiger partial charge on any atom is -0.493 e. The molecule has 0 saturated carbocycles. The zero-order chi connectivity index (χ0) is 16.8. The smallest absolute Gasteiger partial charge is 0.252 e. The molecule has 2 rings (SSSR count). The lowest BCUT2D eigenvalue weighted by Gasteiger charge is -2.13. The van der Waals surface area contributed by atoms with Gasteiger partial charge in [0.1, 0.15) is 0 Å². The van der Waals surface area contributed by atoms with Crippen molar-refractivity contribution in [3.05, 3.63) is 56.1 Å².